The van der Waals surface area contributed by atoms with Crippen LogP contribution in [0.5, 0.6) is 0 Å². The van der Waals surface area contributed by atoms with E-state index in [-0.39, 0.29) is 0 Å². The van der Waals surface area contributed by atoms with E-state index < -0.39 is 0 Å². The van der Waals surface area contributed by atoms with Crippen LogP contribution >= 0.6 is 0 Å². The first-order valence-corrected chi connectivity index (χ1v) is 7.55. The van der Waals surface area contributed by atoms with Gasteiger partial charge in [-0.1, -0.05) is 60.6 Å². The van der Waals surface area contributed by atoms with Gasteiger partial charge in [0, 0.05) is 22.0 Å². The predicted molar refractivity (Wildman–Crippen MR) is 85.8 cm³/mol. The largest absolute Gasteiger partial charge is 0.383 e. The molecule has 1 unspecified atom stereocenters. The third kappa shape index (κ3) is 6.26. The van der Waals surface area contributed by atoms with E-state index >= 15 is 0 Å². The van der Waals surface area contributed by atoms with Crippen molar-refractivity contribution in [1.29, 1.82) is 0 Å². The molecule has 0 saturated carbocycles. The molecule has 0 aliphatic rings. The van der Waals surface area contributed by atoms with Crippen molar-refractivity contribution >= 4 is 21.1 Å². The van der Waals surface area contributed by atoms with E-state index in [1.807, 2.05) is 24.3 Å². The van der Waals surface area contributed by atoms with Gasteiger partial charge >= 0.3 is 0 Å². The smallest absolute Gasteiger partial charge is 0.0384 e. The molecule has 0 aliphatic carbocycles. The Balaban J connectivity index is 0.000000199. The van der Waals surface area contributed by atoms with Crippen molar-refractivity contribution in [1.82, 2.24) is 0 Å². The van der Waals surface area contributed by atoms with E-state index in [4.69, 9.17) is 0 Å². The van der Waals surface area contributed by atoms with Crippen LogP contribution in [0.25, 0.3) is 0 Å². The Morgan fingerprint density at radius 2 is 1.44 bits per heavy atom. The summed E-state index contributed by atoms with van der Waals surface area (Å²) in [6.07, 6.45) is 1.16. The SMILES string of the molecule is CCC(C)Nc1ccccc1.[SiH3]c1ccccc1. The molecule has 2 rings (SSSR count). The van der Waals surface area contributed by atoms with E-state index in [1.54, 1.807) is 0 Å². The Kier molecular flexibility index (Phi) is 6.88. The normalized spacial score (nSPS) is 11.2. The minimum Gasteiger partial charge on any atom is -0.383 e. The number of para-hydroxylation sites is 1. The number of hydrogen-bond acceptors (Lipinski definition) is 1. The van der Waals surface area contributed by atoms with Gasteiger partial charge in [-0.05, 0) is 25.5 Å². The van der Waals surface area contributed by atoms with E-state index in [9.17, 15) is 0 Å². The van der Waals surface area contributed by atoms with E-state index in [2.05, 4.69) is 55.6 Å². The lowest BCUT2D eigenvalue weighted by Gasteiger charge is -2.11. The zero-order valence-corrected chi connectivity index (χ0v) is 13.6. The molecule has 2 aromatic rings. The van der Waals surface area contributed by atoms with Crippen LogP contribution in [-0.2, 0) is 0 Å². The molecule has 1 N–H and O–H groups in total. The summed E-state index contributed by atoms with van der Waals surface area (Å²) in [5.74, 6) is 0. The van der Waals surface area contributed by atoms with Gasteiger partial charge in [0.2, 0.25) is 0 Å². The van der Waals surface area contributed by atoms with Crippen molar-refractivity contribution in [3.05, 3.63) is 60.7 Å². The molecule has 2 heteroatoms. The summed E-state index contributed by atoms with van der Waals surface area (Å²) in [5.41, 5.74) is 1.21. The summed E-state index contributed by atoms with van der Waals surface area (Å²) >= 11 is 0. The molecule has 0 aliphatic heterocycles. The minimum atomic E-state index is 0.567. The van der Waals surface area contributed by atoms with Gasteiger partial charge in [-0.3, -0.25) is 0 Å². The highest BCUT2D eigenvalue weighted by Gasteiger charge is 1.95. The van der Waals surface area contributed by atoms with Crippen LogP contribution in [0.4, 0.5) is 5.69 Å². The lowest BCUT2D eigenvalue weighted by molar-refractivity contribution is 0.764. The highest BCUT2D eigenvalue weighted by atomic mass is 28.1. The maximum atomic E-state index is 3.39. The first-order chi connectivity index (χ1) is 8.72. The summed E-state index contributed by atoms with van der Waals surface area (Å²) < 4.78 is 0. The fourth-order valence-corrected chi connectivity index (χ4v) is 1.84. The van der Waals surface area contributed by atoms with Crippen LogP contribution in [0.1, 0.15) is 20.3 Å². The van der Waals surface area contributed by atoms with Crippen molar-refractivity contribution in [2.24, 2.45) is 0 Å². The molecule has 1 atom stereocenters. The molecule has 18 heavy (non-hydrogen) atoms. The van der Waals surface area contributed by atoms with Gasteiger partial charge in [-0.2, -0.15) is 0 Å². The van der Waals surface area contributed by atoms with Crippen molar-refractivity contribution < 1.29 is 0 Å². The molecule has 0 heterocycles. The summed E-state index contributed by atoms with van der Waals surface area (Å²) in [6.45, 7) is 4.37. The molecule has 96 valence electrons. The molecule has 0 spiro atoms. The van der Waals surface area contributed by atoms with E-state index in [1.165, 1.54) is 21.1 Å². The molecule has 0 saturated heterocycles. The van der Waals surface area contributed by atoms with Gasteiger partial charge in [0.1, 0.15) is 0 Å². The number of hydrogen-bond donors (Lipinski definition) is 1. The third-order valence-corrected chi connectivity index (χ3v) is 3.41. The Bertz CT molecular complexity index is 414. The van der Waals surface area contributed by atoms with Crippen LogP contribution in [0.15, 0.2) is 60.7 Å². The van der Waals surface area contributed by atoms with Gasteiger partial charge in [-0.15, -0.1) is 0 Å². The highest BCUT2D eigenvalue weighted by molar-refractivity contribution is 6.32. The molecular weight excluding hydrogens is 234 g/mol. The second-order valence-electron chi connectivity index (χ2n) is 4.47. The lowest BCUT2D eigenvalue weighted by atomic mass is 10.2. The summed E-state index contributed by atoms with van der Waals surface area (Å²) in [5, 5.41) is 4.85. The third-order valence-electron chi connectivity index (χ3n) is 2.74. The van der Waals surface area contributed by atoms with Crippen LogP contribution in [0, 0.1) is 0 Å². The van der Waals surface area contributed by atoms with Gasteiger partial charge < -0.3 is 5.32 Å². The van der Waals surface area contributed by atoms with E-state index in [0.29, 0.717) is 6.04 Å². The van der Waals surface area contributed by atoms with Crippen molar-refractivity contribution in [3.8, 4) is 0 Å². The highest BCUT2D eigenvalue weighted by Crippen LogP contribution is 2.07. The Morgan fingerprint density at radius 3 is 1.83 bits per heavy atom. The number of rotatable bonds is 3. The average Bonchev–Trinajstić information content (AvgIpc) is 2.41. The second-order valence-corrected chi connectivity index (χ2v) is 5.63. The topological polar surface area (TPSA) is 12.0 Å². The standard InChI is InChI=1S/C10H15N.C6H8Si/c1-3-9(2)11-10-7-5-4-6-8-10;7-6-4-2-1-3-5-6/h4-9,11H,3H2,1-2H3;1-5H,7H3. The Morgan fingerprint density at radius 1 is 0.944 bits per heavy atom. The molecule has 0 radical (unpaired) electrons. The van der Waals surface area contributed by atoms with Crippen LogP contribution in [0.2, 0.25) is 0 Å². The first kappa shape index (κ1) is 14.5. The van der Waals surface area contributed by atoms with Crippen molar-refractivity contribution in [3.63, 3.8) is 0 Å². The zero-order chi connectivity index (χ0) is 13.2. The quantitative estimate of drug-likeness (QED) is 0.833. The van der Waals surface area contributed by atoms with E-state index in [0.717, 1.165) is 6.42 Å². The molecule has 0 bridgehead atoms. The fourth-order valence-electron chi connectivity index (χ4n) is 1.46. The summed E-state index contributed by atoms with van der Waals surface area (Å²) in [4.78, 5) is 0. The van der Waals surface area contributed by atoms with Crippen LogP contribution in [0.3, 0.4) is 0 Å². The van der Waals surface area contributed by atoms with Gasteiger partial charge in [-0.25, -0.2) is 0 Å². The Labute approximate surface area is 114 Å². The summed E-state index contributed by atoms with van der Waals surface area (Å²) in [6, 6.07) is 21.3. The maximum absolute atomic E-state index is 3.39. The molecule has 0 amide bonds. The number of nitrogens with one attached hydrogen (secondary N) is 1. The average molecular weight is 257 g/mol. The van der Waals surface area contributed by atoms with Crippen molar-refractivity contribution in [2.75, 3.05) is 5.32 Å². The second kappa shape index (κ2) is 8.53. The molecule has 2 aromatic carbocycles. The van der Waals surface area contributed by atoms with Gasteiger partial charge in [0.15, 0.2) is 0 Å². The van der Waals surface area contributed by atoms with Crippen LogP contribution < -0.4 is 10.5 Å². The molecular formula is C16H23NSi. The minimum absolute atomic E-state index is 0.567. The fraction of sp³-hybridized carbons (Fsp3) is 0.250. The molecule has 0 fully saturated rings. The predicted octanol–water partition coefficient (Wildman–Crippen LogP) is 2.57. The van der Waals surface area contributed by atoms with Gasteiger partial charge in [0.05, 0.1) is 0 Å². The number of benzene rings is 2. The molecule has 1 nitrogen and oxygen atoms in total. The summed E-state index contributed by atoms with van der Waals surface area (Å²) in [7, 11) is 1.17. The van der Waals surface area contributed by atoms with Gasteiger partial charge in [0.25, 0.3) is 0 Å². The zero-order valence-electron chi connectivity index (χ0n) is 11.6. The number of anilines is 1. The monoisotopic (exact) mass is 257 g/mol. The first-order valence-electron chi connectivity index (χ1n) is 6.55. The van der Waals surface area contributed by atoms with Crippen LogP contribution in [-0.4, -0.2) is 16.3 Å². The Hall–Kier alpha value is -1.54. The maximum Gasteiger partial charge on any atom is 0.0384 e. The van der Waals surface area contributed by atoms with Crippen molar-refractivity contribution in [2.45, 2.75) is 26.3 Å². The lowest BCUT2D eigenvalue weighted by Crippen LogP contribution is -2.12. The molecule has 0 aromatic heterocycles.